The lowest BCUT2D eigenvalue weighted by Gasteiger charge is -2.26. The van der Waals surface area contributed by atoms with Crippen molar-refractivity contribution in [2.24, 2.45) is 5.73 Å². The second-order valence-corrected chi connectivity index (χ2v) is 5.77. The number of hydrogen-bond acceptors (Lipinski definition) is 3. The Morgan fingerprint density at radius 3 is 2.54 bits per heavy atom. The van der Waals surface area contributed by atoms with Gasteiger partial charge in [0.05, 0.1) is 6.54 Å². The highest BCUT2D eigenvalue weighted by Gasteiger charge is 2.15. The number of rotatable bonds is 4. The summed E-state index contributed by atoms with van der Waals surface area (Å²) in [6.45, 7) is -0.0104. The summed E-state index contributed by atoms with van der Waals surface area (Å²) in [4.78, 5) is 13.4. The van der Waals surface area contributed by atoms with Crippen LogP contribution in [-0.2, 0) is 4.79 Å². The van der Waals surface area contributed by atoms with Gasteiger partial charge in [-0.3, -0.25) is 4.79 Å². The lowest BCUT2D eigenvalue weighted by Crippen LogP contribution is -3.00. The largest absolute Gasteiger partial charge is 1.00 e. The number of anilines is 2. The fourth-order valence-corrected chi connectivity index (χ4v) is 2.77. The maximum atomic E-state index is 11.3. The van der Waals surface area contributed by atoms with E-state index in [1.807, 2.05) is 24.3 Å². The third-order valence-corrected chi connectivity index (χ3v) is 4.07. The van der Waals surface area contributed by atoms with Crippen molar-refractivity contribution in [2.45, 2.75) is 5.92 Å². The van der Waals surface area contributed by atoms with E-state index in [9.17, 15) is 4.79 Å². The second kappa shape index (κ2) is 10.0. The van der Waals surface area contributed by atoms with E-state index in [-0.39, 0.29) is 43.2 Å². The average Bonchev–Trinajstić information content (AvgIpc) is 2.62. The number of para-hydroxylation sites is 1. The molecule has 1 amide bonds. The molecule has 1 aliphatic heterocycles. The van der Waals surface area contributed by atoms with Gasteiger partial charge >= 0.3 is 0 Å². The number of benzene rings is 2. The Morgan fingerprint density at radius 1 is 1.15 bits per heavy atom. The first-order chi connectivity index (χ1) is 11.7. The van der Waals surface area contributed by atoms with Crippen LogP contribution in [0.3, 0.4) is 0 Å². The van der Waals surface area contributed by atoms with Gasteiger partial charge in [0.2, 0.25) is 5.91 Å². The molecule has 3 rings (SSSR count). The Hall–Kier alpha value is -2.27. The van der Waals surface area contributed by atoms with Gasteiger partial charge in [-0.15, -0.1) is 0 Å². The average molecular weight is 390 g/mol. The monoisotopic (exact) mass is 389 g/mol. The lowest BCUT2D eigenvalue weighted by atomic mass is 9.93. The van der Waals surface area contributed by atoms with Gasteiger partial charge in [-0.25, -0.2) is 0 Å². The van der Waals surface area contributed by atoms with E-state index in [0.29, 0.717) is 0 Å². The number of nitrogens with two attached hydrogens (primary N) is 1. The third-order valence-electron chi connectivity index (χ3n) is 4.07. The van der Waals surface area contributed by atoms with Crippen molar-refractivity contribution in [2.75, 3.05) is 23.8 Å². The van der Waals surface area contributed by atoms with Crippen LogP contribution in [0.15, 0.2) is 66.9 Å². The second-order valence-electron chi connectivity index (χ2n) is 5.77. The fourth-order valence-electron chi connectivity index (χ4n) is 2.77. The van der Waals surface area contributed by atoms with Gasteiger partial charge in [-0.1, -0.05) is 48.6 Å². The zero-order valence-electron chi connectivity index (χ0n) is 14.4. The summed E-state index contributed by atoms with van der Waals surface area (Å²) in [5.41, 5.74) is 9.67. The molecule has 1 aliphatic rings. The van der Waals surface area contributed by atoms with Crippen LogP contribution in [0.4, 0.5) is 11.4 Å². The van der Waals surface area contributed by atoms with Crippen LogP contribution in [0.1, 0.15) is 17.0 Å². The summed E-state index contributed by atoms with van der Waals surface area (Å²) < 4.78 is 0. The summed E-state index contributed by atoms with van der Waals surface area (Å²) >= 11 is 0. The van der Waals surface area contributed by atoms with Gasteiger partial charge in [0, 0.05) is 30.5 Å². The predicted octanol–water partition coefficient (Wildman–Crippen LogP) is -2.65. The van der Waals surface area contributed by atoms with Crippen LogP contribution < -0.4 is 40.8 Å². The summed E-state index contributed by atoms with van der Waals surface area (Å²) in [7, 11) is 2.06. The van der Waals surface area contributed by atoms with Crippen molar-refractivity contribution in [3.63, 3.8) is 0 Å². The quantitative estimate of drug-likeness (QED) is 0.600. The number of carbonyl (C=O) groups is 1. The SMILES string of the molecule is CN1C=CC(/C=C/c2ccc(NC(=O)CN)cc2)c2ccccc21.[Cl-].[Cl-]. The highest BCUT2D eigenvalue weighted by molar-refractivity contribution is 5.92. The summed E-state index contributed by atoms with van der Waals surface area (Å²) in [5, 5.41) is 2.74. The molecule has 0 aliphatic carbocycles. The van der Waals surface area contributed by atoms with E-state index in [2.05, 4.69) is 66.0 Å². The van der Waals surface area contributed by atoms with Crippen molar-refractivity contribution in [1.29, 1.82) is 0 Å². The molecule has 0 saturated carbocycles. The number of hydrogen-bond donors (Lipinski definition) is 2. The summed E-state index contributed by atoms with van der Waals surface area (Å²) in [5.74, 6) is 0.0698. The number of halogens is 2. The van der Waals surface area contributed by atoms with Crippen LogP contribution in [-0.4, -0.2) is 19.5 Å². The molecular formula is C20H21Cl2N3O-2. The lowest BCUT2D eigenvalue weighted by molar-refractivity contribution is -0.114. The Balaban J connectivity index is 0.00000169. The van der Waals surface area contributed by atoms with E-state index in [4.69, 9.17) is 5.73 Å². The van der Waals surface area contributed by atoms with Crippen molar-refractivity contribution < 1.29 is 29.6 Å². The van der Waals surface area contributed by atoms with E-state index >= 15 is 0 Å². The molecule has 1 atom stereocenters. The molecule has 26 heavy (non-hydrogen) atoms. The number of fused-ring (bicyclic) bond motifs is 1. The zero-order chi connectivity index (χ0) is 16.9. The minimum atomic E-state index is -0.189. The normalized spacial score (nSPS) is 15.0. The molecule has 3 N–H and O–H groups in total. The van der Waals surface area contributed by atoms with Crippen molar-refractivity contribution >= 4 is 23.4 Å². The van der Waals surface area contributed by atoms with Crippen LogP contribution in [0.2, 0.25) is 0 Å². The Morgan fingerprint density at radius 2 is 1.85 bits per heavy atom. The Bertz CT molecular complexity index is 788. The Labute approximate surface area is 166 Å². The van der Waals surface area contributed by atoms with Crippen LogP contribution in [0, 0.1) is 0 Å². The molecule has 6 heteroatoms. The molecule has 0 spiro atoms. The minimum Gasteiger partial charge on any atom is -1.00 e. The van der Waals surface area contributed by atoms with Gasteiger partial charge in [-0.05, 0) is 29.3 Å². The molecule has 138 valence electrons. The molecule has 2 aromatic rings. The maximum Gasteiger partial charge on any atom is 0.238 e. The highest BCUT2D eigenvalue weighted by Crippen LogP contribution is 2.33. The predicted molar refractivity (Wildman–Crippen MR) is 99.9 cm³/mol. The van der Waals surface area contributed by atoms with Crippen LogP contribution in [0.25, 0.3) is 6.08 Å². The van der Waals surface area contributed by atoms with E-state index in [0.717, 1.165) is 11.3 Å². The fraction of sp³-hybridized carbons (Fsp3) is 0.150. The van der Waals surface area contributed by atoms with E-state index in [1.165, 1.54) is 11.3 Å². The number of amides is 1. The smallest absolute Gasteiger partial charge is 0.238 e. The molecule has 1 unspecified atom stereocenters. The first-order valence-corrected chi connectivity index (χ1v) is 7.95. The third kappa shape index (κ3) is 5.11. The molecule has 0 bridgehead atoms. The van der Waals surface area contributed by atoms with E-state index in [1.54, 1.807) is 0 Å². The topological polar surface area (TPSA) is 58.4 Å². The van der Waals surface area contributed by atoms with Gasteiger partial charge in [0.1, 0.15) is 0 Å². The molecular weight excluding hydrogens is 369 g/mol. The van der Waals surface area contributed by atoms with Gasteiger partial charge in [0.25, 0.3) is 0 Å². The number of carbonyl (C=O) groups excluding carboxylic acids is 1. The maximum absolute atomic E-state index is 11.3. The summed E-state index contributed by atoms with van der Waals surface area (Å²) in [6, 6.07) is 16.1. The first kappa shape index (κ1) is 21.8. The van der Waals surface area contributed by atoms with Gasteiger partial charge in [-0.2, -0.15) is 0 Å². The minimum absolute atomic E-state index is 0. The molecule has 0 saturated heterocycles. The highest BCUT2D eigenvalue weighted by atomic mass is 35.5. The summed E-state index contributed by atoms with van der Waals surface area (Å²) in [6.07, 6.45) is 8.58. The zero-order valence-corrected chi connectivity index (χ0v) is 15.9. The van der Waals surface area contributed by atoms with Crippen molar-refractivity contribution in [3.8, 4) is 0 Å². The van der Waals surface area contributed by atoms with Crippen LogP contribution >= 0.6 is 0 Å². The molecule has 0 fully saturated rings. The van der Waals surface area contributed by atoms with E-state index < -0.39 is 0 Å². The van der Waals surface area contributed by atoms with Crippen molar-refractivity contribution in [3.05, 3.63) is 78.0 Å². The van der Waals surface area contributed by atoms with Gasteiger partial charge in [0.15, 0.2) is 0 Å². The molecule has 0 aromatic heterocycles. The number of allylic oxidation sites excluding steroid dienone is 2. The van der Waals surface area contributed by atoms with Gasteiger partial charge < -0.3 is 40.8 Å². The number of nitrogens with zero attached hydrogens (tertiary/aromatic N) is 1. The standard InChI is InChI=1S/C20H21N3O.2ClH/c1-23-13-12-16(18-4-2-3-5-19(18)23)9-6-15-7-10-17(11-8-15)22-20(24)14-21;;/h2-13,16H,14,21H2,1H3,(H,22,24);2*1H/p-2/b9-6+;;. The Kier molecular flexibility index (Phi) is 8.39. The van der Waals surface area contributed by atoms with Crippen LogP contribution in [0.5, 0.6) is 0 Å². The first-order valence-electron chi connectivity index (χ1n) is 7.95. The number of nitrogens with one attached hydrogen (secondary N) is 1. The molecule has 0 radical (unpaired) electrons. The molecule has 1 heterocycles. The molecule has 2 aromatic carbocycles. The molecule has 4 nitrogen and oxygen atoms in total. The van der Waals surface area contributed by atoms with Crippen molar-refractivity contribution in [1.82, 2.24) is 0 Å².